The van der Waals surface area contributed by atoms with E-state index in [9.17, 15) is 4.79 Å². The average Bonchev–Trinajstić information content (AvgIpc) is 2.99. The number of nitrogens with one attached hydrogen (secondary N) is 1. The van der Waals surface area contributed by atoms with Crippen molar-refractivity contribution in [1.82, 2.24) is 5.16 Å². The highest BCUT2D eigenvalue weighted by molar-refractivity contribution is 6.03. The SMILES string of the molecule is COc1ccc(C#CCN)cc1NC(=O)c1ccon1. The maximum absolute atomic E-state index is 11.9. The molecule has 0 fully saturated rings. The van der Waals surface area contributed by atoms with E-state index in [-0.39, 0.29) is 18.1 Å². The molecule has 0 aliphatic carbocycles. The van der Waals surface area contributed by atoms with Gasteiger partial charge in [-0.3, -0.25) is 4.79 Å². The van der Waals surface area contributed by atoms with Crippen molar-refractivity contribution < 1.29 is 14.1 Å². The van der Waals surface area contributed by atoms with Crippen LogP contribution in [0.25, 0.3) is 0 Å². The Morgan fingerprint density at radius 3 is 3.00 bits per heavy atom. The summed E-state index contributed by atoms with van der Waals surface area (Å²) in [4.78, 5) is 11.9. The number of amides is 1. The molecule has 102 valence electrons. The first-order valence-electron chi connectivity index (χ1n) is 5.83. The Morgan fingerprint density at radius 1 is 1.50 bits per heavy atom. The zero-order valence-corrected chi connectivity index (χ0v) is 10.8. The number of benzene rings is 1. The van der Waals surface area contributed by atoms with E-state index >= 15 is 0 Å². The van der Waals surface area contributed by atoms with Gasteiger partial charge in [-0.1, -0.05) is 17.0 Å². The minimum Gasteiger partial charge on any atom is -0.495 e. The third kappa shape index (κ3) is 3.16. The van der Waals surface area contributed by atoms with Gasteiger partial charge in [0.25, 0.3) is 5.91 Å². The van der Waals surface area contributed by atoms with E-state index in [1.807, 2.05) is 0 Å². The molecule has 0 aliphatic heterocycles. The van der Waals surface area contributed by atoms with Gasteiger partial charge in [-0.15, -0.1) is 0 Å². The summed E-state index contributed by atoms with van der Waals surface area (Å²) < 4.78 is 9.82. The van der Waals surface area contributed by atoms with Crippen molar-refractivity contribution in [3.8, 4) is 17.6 Å². The van der Waals surface area contributed by atoms with Gasteiger partial charge in [-0.2, -0.15) is 0 Å². The summed E-state index contributed by atoms with van der Waals surface area (Å²) in [6, 6.07) is 6.69. The van der Waals surface area contributed by atoms with E-state index in [4.69, 9.17) is 10.5 Å². The minimum absolute atomic E-state index is 0.186. The summed E-state index contributed by atoms with van der Waals surface area (Å²) in [7, 11) is 1.52. The lowest BCUT2D eigenvalue weighted by Crippen LogP contribution is -2.13. The van der Waals surface area contributed by atoms with Crippen molar-refractivity contribution in [3.05, 3.63) is 41.8 Å². The van der Waals surface area contributed by atoms with Crippen LogP contribution in [0.2, 0.25) is 0 Å². The van der Waals surface area contributed by atoms with Gasteiger partial charge < -0.3 is 20.3 Å². The normalized spacial score (nSPS) is 9.50. The van der Waals surface area contributed by atoms with Crippen LogP contribution in [0.4, 0.5) is 5.69 Å². The van der Waals surface area contributed by atoms with Crippen molar-refractivity contribution in [2.75, 3.05) is 19.0 Å². The third-order valence-electron chi connectivity index (χ3n) is 2.45. The topological polar surface area (TPSA) is 90.4 Å². The summed E-state index contributed by atoms with van der Waals surface area (Å²) in [6.07, 6.45) is 1.33. The van der Waals surface area contributed by atoms with Gasteiger partial charge in [-0.05, 0) is 18.2 Å². The second kappa shape index (κ2) is 6.41. The van der Waals surface area contributed by atoms with Crippen molar-refractivity contribution in [1.29, 1.82) is 0 Å². The van der Waals surface area contributed by atoms with E-state index in [2.05, 4.69) is 26.8 Å². The molecule has 1 amide bonds. The van der Waals surface area contributed by atoms with Crippen LogP contribution in [0.1, 0.15) is 16.1 Å². The highest BCUT2D eigenvalue weighted by Crippen LogP contribution is 2.25. The van der Waals surface area contributed by atoms with Crippen LogP contribution in [-0.2, 0) is 0 Å². The van der Waals surface area contributed by atoms with Crippen LogP contribution >= 0.6 is 0 Å². The Bertz CT molecular complexity index is 654. The number of hydrogen-bond donors (Lipinski definition) is 2. The smallest absolute Gasteiger partial charge is 0.277 e. The van der Waals surface area contributed by atoms with Gasteiger partial charge in [0.1, 0.15) is 12.0 Å². The Morgan fingerprint density at radius 2 is 2.35 bits per heavy atom. The first-order valence-corrected chi connectivity index (χ1v) is 5.83. The predicted molar refractivity (Wildman–Crippen MR) is 73.4 cm³/mol. The maximum Gasteiger partial charge on any atom is 0.277 e. The predicted octanol–water partition coefficient (Wildman–Crippen LogP) is 1.25. The van der Waals surface area contributed by atoms with Gasteiger partial charge in [0.2, 0.25) is 0 Å². The first kappa shape index (κ1) is 13.6. The van der Waals surface area contributed by atoms with Crippen LogP contribution in [0.5, 0.6) is 5.75 Å². The zero-order valence-electron chi connectivity index (χ0n) is 10.8. The minimum atomic E-state index is -0.388. The Balaban J connectivity index is 2.26. The number of nitrogens with zero attached hydrogens (tertiary/aromatic N) is 1. The van der Waals surface area contributed by atoms with Gasteiger partial charge in [0.05, 0.1) is 19.3 Å². The summed E-state index contributed by atoms with van der Waals surface area (Å²) in [5, 5.41) is 6.26. The largest absolute Gasteiger partial charge is 0.495 e. The van der Waals surface area contributed by atoms with E-state index in [0.29, 0.717) is 11.4 Å². The van der Waals surface area contributed by atoms with Gasteiger partial charge in [0.15, 0.2) is 5.69 Å². The molecule has 0 aliphatic rings. The molecule has 20 heavy (non-hydrogen) atoms. The van der Waals surface area contributed by atoms with Gasteiger partial charge in [-0.25, -0.2) is 0 Å². The summed E-state index contributed by atoms with van der Waals surface area (Å²) in [5.41, 5.74) is 6.75. The van der Waals surface area contributed by atoms with Crippen LogP contribution in [0.3, 0.4) is 0 Å². The third-order valence-corrected chi connectivity index (χ3v) is 2.45. The second-order valence-electron chi connectivity index (χ2n) is 3.76. The molecule has 6 heteroatoms. The highest BCUT2D eigenvalue weighted by Gasteiger charge is 2.12. The van der Waals surface area contributed by atoms with E-state index in [1.54, 1.807) is 18.2 Å². The monoisotopic (exact) mass is 271 g/mol. The Kier molecular flexibility index (Phi) is 4.37. The molecule has 1 heterocycles. The summed E-state index contributed by atoms with van der Waals surface area (Å²) >= 11 is 0. The van der Waals surface area contributed by atoms with Crippen molar-refractivity contribution in [2.45, 2.75) is 0 Å². The fourth-order valence-corrected chi connectivity index (χ4v) is 1.55. The molecule has 0 atom stereocenters. The number of nitrogens with two attached hydrogens (primary N) is 1. The standard InChI is InChI=1S/C14H13N3O3/c1-19-13-5-4-10(3-2-7-15)9-12(13)16-14(18)11-6-8-20-17-11/h4-6,8-9H,7,15H2,1H3,(H,16,18). The van der Waals surface area contributed by atoms with E-state index in [1.165, 1.54) is 19.4 Å². The molecule has 0 unspecified atom stereocenters. The second-order valence-corrected chi connectivity index (χ2v) is 3.76. The number of carbonyl (C=O) groups excluding carboxylic acids is 1. The number of hydrogen-bond acceptors (Lipinski definition) is 5. The molecule has 0 saturated carbocycles. The molecular weight excluding hydrogens is 258 g/mol. The van der Waals surface area contributed by atoms with E-state index in [0.717, 1.165) is 5.56 Å². The average molecular weight is 271 g/mol. The number of aromatic nitrogens is 1. The maximum atomic E-state index is 11.9. The molecule has 0 radical (unpaired) electrons. The van der Waals surface area contributed by atoms with Crippen LogP contribution in [-0.4, -0.2) is 24.7 Å². The molecule has 0 bridgehead atoms. The number of ether oxygens (including phenoxy) is 1. The summed E-state index contributed by atoms with van der Waals surface area (Å²) in [5.74, 6) is 5.78. The Labute approximate surface area is 115 Å². The molecule has 0 saturated heterocycles. The lowest BCUT2D eigenvalue weighted by Gasteiger charge is -2.09. The van der Waals surface area contributed by atoms with Crippen molar-refractivity contribution in [2.24, 2.45) is 5.73 Å². The van der Waals surface area contributed by atoms with Crippen molar-refractivity contribution >= 4 is 11.6 Å². The summed E-state index contributed by atoms with van der Waals surface area (Å²) in [6.45, 7) is 0.270. The molecule has 2 aromatic rings. The van der Waals surface area contributed by atoms with Crippen LogP contribution in [0, 0.1) is 11.8 Å². The molecule has 1 aromatic carbocycles. The van der Waals surface area contributed by atoms with Crippen molar-refractivity contribution in [3.63, 3.8) is 0 Å². The fraction of sp³-hybridized carbons (Fsp3) is 0.143. The number of methoxy groups -OCH3 is 1. The lowest BCUT2D eigenvalue weighted by atomic mass is 10.2. The van der Waals surface area contributed by atoms with Gasteiger partial charge in [0, 0.05) is 11.6 Å². The fourth-order valence-electron chi connectivity index (χ4n) is 1.55. The first-order chi connectivity index (χ1) is 9.74. The number of carbonyl (C=O) groups is 1. The number of rotatable bonds is 3. The quantitative estimate of drug-likeness (QED) is 0.820. The van der Waals surface area contributed by atoms with Crippen LogP contribution in [0.15, 0.2) is 35.1 Å². The molecule has 3 N–H and O–H groups in total. The van der Waals surface area contributed by atoms with Gasteiger partial charge >= 0.3 is 0 Å². The molecule has 2 rings (SSSR count). The zero-order chi connectivity index (χ0) is 14.4. The van der Waals surface area contributed by atoms with Crippen LogP contribution < -0.4 is 15.8 Å². The number of anilines is 1. The highest BCUT2D eigenvalue weighted by atomic mass is 16.5. The molecular formula is C14H13N3O3. The molecule has 6 nitrogen and oxygen atoms in total. The molecule has 0 spiro atoms. The molecule has 1 aromatic heterocycles. The Hall–Kier alpha value is -2.78. The van der Waals surface area contributed by atoms with E-state index < -0.39 is 0 Å². The lowest BCUT2D eigenvalue weighted by molar-refractivity contribution is 0.101.